The molecule has 1 aromatic carbocycles. The molecule has 1 aliphatic heterocycles. The minimum absolute atomic E-state index is 0.00582. The molecule has 0 aliphatic carbocycles. The quantitative estimate of drug-likeness (QED) is 0.842. The molecule has 6 nitrogen and oxygen atoms in total. The molecular weight excluding hydrogens is 316 g/mol. The zero-order valence-corrected chi connectivity index (χ0v) is 14.2. The highest BCUT2D eigenvalue weighted by Gasteiger charge is 2.29. The lowest BCUT2D eigenvalue weighted by atomic mass is 10.1. The first-order chi connectivity index (χ1) is 10.8. The van der Waals surface area contributed by atoms with Crippen LogP contribution in [-0.2, 0) is 9.84 Å². The fourth-order valence-corrected chi connectivity index (χ4v) is 4.03. The van der Waals surface area contributed by atoms with Gasteiger partial charge in [-0.05, 0) is 44.0 Å². The second-order valence-electron chi connectivity index (χ2n) is 5.93. The minimum atomic E-state index is -3.02. The molecule has 0 spiro atoms. The van der Waals surface area contributed by atoms with Gasteiger partial charge >= 0.3 is 0 Å². The summed E-state index contributed by atoms with van der Waals surface area (Å²) in [5, 5.41) is 5.58. The van der Waals surface area contributed by atoms with Crippen molar-refractivity contribution >= 4 is 21.7 Å². The van der Waals surface area contributed by atoms with E-state index in [0.29, 0.717) is 17.5 Å². The van der Waals surface area contributed by atoms with Crippen molar-refractivity contribution in [2.75, 3.05) is 11.5 Å². The van der Waals surface area contributed by atoms with Gasteiger partial charge in [-0.15, -0.1) is 0 Å². The number of carbonyl (C=O) groups excluding carboxylic acids is 2. The van der Waals surface area contributed by atoms with Crippen LogP contribution in [0.3, 0.4) is 0 Å². The molecule has 126 valence electrons. The normalized spacial score (nSPS) is 20.7. The van der Waals surface area contributed by atoms with Crippen LogP contribution in [0.5, 0.6) is 0 Å². The van der Waals surface area contributed by atoms with Crippen molar-refractivity contribution in [3.8, 4) is 0 Å². The first-order valence-electron chi connectivity index (χ1n) is 7.73. The third-order valence-electron chi connectivity index (χ3n) is 3.97. The van der Waals surface area contributed by atoms with Gasteiger partial charge in [0.2, 0.25) is 0 Å². The smallest absolute Gasteiger partial charge is 0.251 e. The highest BCUT2D eigenvalue weighted by molar-refractivity contribution is 7.91. The molecule has 7 heteroatoms. The van der Waals surface area contributed by atoms with Gasteiger partial charge in [0.25, 0.3) is 11.8 Å². The van der Waals surface area contributed by atoms with Crippen molar-refractivity contribution in [2.45, 2.75) is 38.8 Å². The van der Waals surface area contributed by atoms with E-state index in [0.717, 1.165) is 6.42 Å². The van der Waals surface area contributed by atoms with Crippen molar-refractivity contribution in [2.24, 2.45) is 0 Å². The molecule has 2 N–H and O–H groups in total. The topological polar surface area (TPSA) is 92.3 Å². The summed E-state index contributed by atoms with van der Waals surface area (Å²) in [6, 6.07) is 6.10. The second kappa shape index (κ2) is 7.12. The molecule has 0 bridgehead atoms. The van der Waals surface area contributed by atoms with Crippen LogP contribution in [0.1, 0.15) is 47.4 Å². The third kappa shape index (κ3) is 4.79. The highest BCUT2D eigenvalue weighted by atomic mass is 32.2. The summed E-state index contributed by atoms with van der Waals surface area (Å²) in [5.74, 6) is -0.380. The van der Waals surface area contributed by atoms with Gasteiger partial charge in [0, 0.05) is 23.2 Å². The first kappa shape index (κ1) is 17.5. The number of sulfone groups is 1. The van der Waals surface area contributed by atoms with Crippen LogP contribution in [0.15, 0.2) is 24.3 Å². The van der Waals surface area contributed by atoms with Crippen molar-refractivity contribution in [1.82, 2.24) is 10.6 Å². The number of benzene rings is 1. The van der Waals surface area contributed by atoms with E-state index in [4.69, 9.17) is 0 Å². The lowest BCUT2D eigenvalue weighted by Gasteiger charge is -2.12. The van der Waals surface area contributed by atoms with Crippen LogP contribution in [0.2, 0.25) is 0 Å². The standard InChI is InChI=1S/C16H22N2O4S/c1-3-11(2)17-15(19)12-4-6-13(7-5-12)16(20)18-14-8-9-23(21,22)10-14/h4-7,11,14H,3,8-10H2,1-2H3,(H,17,19)(H,18,20). The number of hydrogen-bond donors (Lipinski definition) is 2. The summed E-state index contributed by atoms with van der Waals surface area (Å²) in [7, 11) is -3.02. The van der Waals surface area contributed by atoms with Crippen molar-refractivity contribution in [3.05, 3.63) is 35.4 Å². The number of carbonyl (C=O) groups is 2. The van der Waals surface area contributed by atoms with Crippen molar-refractivity contribution in [1.29, 1.82) is 0 Å². The van der Waals surface area contributed by atoms with Gasteiger partial charge in [0.1, 0.15) is 0 Å². The van der Waals surface area contributed by atoms with E-state index in [1.807, 2.05) is 13.8 Å². The summed E-state index contributed by atoms with van der Waals surface area (Å²) < 4.78 is 22.8. The van der Waals surface area contributed by atoms with Crippen LogP contribution in [0.4, 0.5) is 0 Å². The largest absolute Gasteiger partial charge is 0.350 e. The van der Waals surface area contributed by atoms with E-state index in [2.05, 4.69) is 10.6 Å². The molecule has 2 amide bonds. The summed E-state index contributed by atoms with van der Waals surface area (Å²) in [5.41, 5.74) is 0.902. The molecule has 2 rings (SSSR count). The molecule has 0 saturated carbocycles. The van der Waals surface area contributed by atoms with Crippen LogP contribution in [-0.4, -0.2) is 43.8 Å². The molecule has 0 aromatic heterocycles. The fraction of sp³-hybridized carbons (Fsp3) is 0.500. The van der Waals surface area contributed by atoms with Crippen LogP contribution in [0, 0.1) is 0 Å². The maximum Gasteiger partial charge on any atom is 0.251 e. The molecular formula is C16H22N2O4S. The van der Waals surface area contributed by atoms with Crippen LogP contribution >= 0.6 is 0 Å². The van der Waals surface area contributed by atoms with Gasteiger partial charge in [-0.25, -0.2) is 8.42 Å². The maximum atomic E-state index is 12.1. The Balaban J connectivity index is 1.96. The molecule has 1 saturated heterocycles. The Hall–Kier alpha value is -1.89. The van der Waals surface area contributed by atoms with Crippen molar-refractivity contribution in [3.63, 3.8) is 0 Å². The Bertz CT molecular complexity index is 683. The van der Waals surface area contributed by atoms with E-state index < -0.39 is 9.84 Å². The summed E-state index contributed by atoms with van der Waals surface area (Å²) in [6.45, 7) is 3.91. The maximum absolute atomic E-state index is 12.1. The van der Waals surface area contributed by atoms with Gasteiger partial charge in [-0.3, -0.25) is 9.59 Å². The fourth-order valence-electron chi connectivity index (χ4n) is 2.36. The van der Waals surface area contributed by atoms with Gasteiger partial charge in [-0.2, -0.15) is 0 Å². The summed E-state index contributed by atoms with van der Waals surface area (Å²) in [4.78, 5) is 24.1. The monoisotopic (exact) mass is 338 g/mol. The average Bonchev–Trinajstić information content (AvgIpc) is 2.85. The number of amides is 2. The average molecular weight is 338 g/mol. The van der Waals surface area contributed by atoms with Gasteiger partial charge in [-0.1, -0.05) is 6.92 Å². The molecule has 1 aliphatic rings. The first-order valence-corrected chi connectivity index (χ1v) is 9.55. The van der Waals surface area contributed by atoms with Gasteiger partial charge in [0.05, 0.1) is 11.5 Å². The highest BCUT2D eigenvalue weighted by Crippen LogP contribution is 2.12. The van der Waals surface area contributed by atoms with Gasteiger partial charge < -0.3 is 10.6 Å². The van der Waals surface area contributed by atoms with E-state index >= 15 is 0 Å². The minimum Gasteiger partial charge on any atom is -0.350 e. The molecule has 23 heavy (non-hydrogen) atoms. The zero-order valence-electron chi connectivity index (χ0n) is 13.3. The molecule has 1 heterocycles. The SMILES string of the molecule is CCC(C)NC(=O)c1ccc(C(=O)NC2CCS(=O)(=O)C2)cc1. The van der Waals surface area contributed by atoms with E-state index in [1.54, 1.807) is 24.3 Å². The Morgan fingerprint density at radius 2 is 1.74 bits per heavy atom. The van der Waals surface area contributed by atoms with Crippen LogP contribution < -0.4 is 10.6 Å². The lowest BCUT2D eigenvalue weighted by Crippen LogP contribution is -2.35. The Morgan fingerprint density at radius 1 is 1.17 bits per heavy atom. The van der Waals surface area contributed by atoms with E-state index in [-0.39, 0.29) is 35.4 Å². The lowest BCUT2D eigenvalue weighted by molar-refractivity contribution is 0.0928. The zero-order chi connectivity index (χ0) is 17.0. The number of rotatable bonds is 5. The molecule has 0 radical (unpaired) electrons. The van der Waals surface area contributed by atoms with E-state index in [1.165, 1.54) is 0 Å². The predicted molar refractivity (Wildman–Crippen MR) is 88.2 cm³/mol. The summed E-state index contributed by atoms with van der Waals surface area (Å²) >= 11 is 0. The number of hydrogen-bond acceptors (Lipinski definition) is 4. The second-order valence-corrected chi connectivity index (χ2v) is 8.16. The van der Waals surface area contributed by atoms with Crippen LogP contribution in [0.25, 0.3) is 0 Å². The van der Waals surface area contributed by atoms with Crippen molar-refractivity contribution < 1.29 is 18.0 Å². The molecule has 2 atom stereocenters. The Kier molecular flexibility index (Phi) is 5.41. The molecule has 1 aromatic rings. The number of nitrogens with one attached hydrogen (secondary N) is 2. The summed E-state index contributed by atoms with van der Waals surface area (Å²) in [6.07, 6.45) is 1.29. The molecule has 2 unspecified atom stereocenters. The predicted octanol–water partition coefficient (Wildman–Crippen LogP) is 1.13. The van der Waals surface area contributed by atoms with E-state index in [9.17, 15) is 18.0 Å². The third-order valence-corrected chi connectivity index (χ3v) is 5.73. The molecule has 1 fully saturated rings. The Morgan fingerprint density at radius 3 is 2.22 bits per heavy atom. The Labute approximate surface area is 136 Å². The van der Waals surface area contributed by atoms with Gasteiger partial charge in [0.15, 0.2) is 9.84 Å².